The van der Waals surface area contributed by atoms with E-state index in [0.717, 1.165) is 24.7 Å². The van der Waals surface area contributed by atoms with Crippen LogP contribution in [0.15, 0.2) is 48.5 Å². The number of amides is 2. The van der Waals surface area contributed by atoms with E-state index >= 15 is 0 Å². The molecule has 1 N–H and O–H groups in total. The Labute approximate surface area is 214 Å². The lowest BCUT2D eigenvalue weighted by molar-refractivity contribution is -0.141. The first-order valence-electron chi connectivity index (χ1n) is 12.4. The molecule has 0 aromatic heterocycles. The van der Waals surface area contributed by atoms with Crippen LogP contribution >= 0.6 is 0 Å². The second-order valence-corrected chi connectivity index (χ2v) is 11.0. The van der Waals surface area contributed by atoms with Gasteiger partial charge in [-0.15, -0.1) is 0 Å². The minimum atomic E-state index is -3.56. The molecule has 2 aromatic rings. The van der Waals surface area contributed by atoms with E-state index in [2.05, 4.69) is 5.32 Å². The highest BCUT2D eigenvalue weighted by Crippen LogP contribution is 2.20. The van der Waals surface area contributed by atoms with Crippen LogP contribution in [0, 0.1) is 5.82 Å². The molecule has 0 heterocycles. The van der Waals surface area contributed by atoms with Gasteiger partial charge in [0.25, 0.3) is 0 Å². The molecule has 9 heteroatoms. The number of carbonyl (C=O) groups is 2. The van der Waals surface area contributed by atoms with Crippen molar-refractivity contribution in [3.8, 4) is 0 Å². The Bertz CT molecular complexity index is 1120. The third kappa shape index (κ3) is 8.33. The fourth-order valence-corrected chi connectivity index (χ4v) is 4.73. The van der Waals surface area contributed by atoms with Crippen LogP contribution in [0.1, 0.15) is 58.1 Å². The van der Waals surface area contributed by atoms with E-state index in [1.807, 2.05) is 32.9 Å². The molecule has 0 aliphatic heterocycles. The average molecular weight is 520 g/mol. The maximum Gasteiger partial charge on any atom is 0.242 e. The van der Waals surface area contributed by atoms with Gasteiger partial charge in [-0.3, -0.25) is 13.9 Å². The maximum absolute atomic E-state index is 14.4. The summed E-state index contributed by atoms with van der Waals surface area (Å²) in [7, 11) is -3.56. The maximum atomic E-state index is 14.4. The number of nitrogens with zero attached hydrogens (tertiary/aromatic N) is 2. The Hall–Kier alpha value is -2.94. The molecule has 2 aromatic carbocycles. The lowest BCUT2D eigenvalue weighted by atomic mass is 10.1. The fraction of sp³-hybridized carbons (Fsp3) is 0.481. The molecule has 0 aliphatic rings. The highest BCUT2D eigenvalue weighted by Gasteiger charge is 2.28. The number of carbonyl (C=O) groups excluding carboxylic acids is 2. The predicted octanol–water partition coefficient (Wildman–Crippen LogP) is 4.27. The molecule has 0 saturated carbocycles. The molecular weight excluding hydrogens is 481 g/mol. The van der Waals surface area contributed by atoms with Crippen LogP contribution in [-0.4, -0.2) is 50.0 Å². The van der Waals surface area contributed by atoms with Crippen molar-refractivity contribution < 1.29 is 22.4 Å². The average Bonchev–Trinajstić information content (AvgIpc) is 2.84. The number of anilines is 1. The van der Waals surface area contributed by atoms with Crippen LogP contribution in [0.4, 0.5) is 10.1 Å². The van der Waals surface area contributed by atoms with E-state index in [-0.39, 0.29) is 43.8 Å². The quantitative estimate of drug-likeness (QED) is 0.428. The third-order valence-corrected chi connectivity index (χ3v) is 7.45. The van der Waals surface area contributed by atoms with Gasteiger partial charge in [0, 0.05) is 31.1 Å². The number of nitrogens with one attached hydrogen (secondary N) is 1. The zero-order chi connectivity index (χ0) is 26.9. The van der Waals surface area contributed by atoms with Crippen molar-refractivity contribution in [3.05, 3.63) is 65.5 Å². The van der Waals surface area contributed by atoms with E-state index in [1.165, 1.54) is 15.3 Å². The van der Waals surface area contributed by atoms with Gasteiger partial charge in [0.15, 0.2) is 0 Å². The molecule has 0 bridgehead atoms. The summed E-state index contributed by atoms with van der Waals surface area (Å²) in [5.74, 6) is -1.12. The largest absolute Gasteiger partial charge is 0.352 e. The molecule has 0 radical (unpaired) electrons. The standard InChI is InChI=1S/C27H38FN3O4S/c1-6-20(3)29-27(33)21(4)30(19-23-11-8-9-12-25(23)28)26(32)13-10-18-31(36(5,34)35)24-16-14-22(7-2)15-17-24/h8-9,11-12,14-17,20-21H,6-7,10,13,18-19H2,1-5H3,(H,29,33)/t20-,21+/m1/s1. The monoisotopic (exact) mass is 519 g/mol. The molecule has 0 saturated heterocycles. The van der Waals surface area contributed by atoms with E-state index in [0.29, 0.717) is 11.3 Å². The molecule has 198 valence electrons. The van der Waals surface area contributed by atoms with Crippen molar-refractivity contribution in [1.29, 1.82) is 0 Å². The van der Waals surface area contributed by atoms with Gasteiger partial charge in [0.2, 0.25) is 21.8 Å². The highest BCUT2D eigenvalue weighted by atomic mass is 32.2. The zero-order valence-electron chi connectivity index (χ0n) is 21.8. The summed E-state index contributed by atoms with van der Waals surface area (Å²) in [5, 5.41) is 2.88. The van der Waals surface area contributed by atoms with Gasteiger partial charge in [0.1, 0.15) is 11.9 Å². The first-order chi connectivity index (χ1) is 17.0. The second kappa shape index (κ2) is 13.4. The summed E-state index contributed by atoms with van der Waals surface area (Å²) in [4.78, 5) is 27.4. The van der Waals surface area contributed by atoms with Gasteiger partial charge in [-0.1, -0.05) is 44.2 Å². The van der Waals surface area contributed by atoms with Crippen LogP contribution in [0.3, 0.4) is 0 Å². The summed E-state index contributed by atoms with van der Waals surface area (Å²) >= 11 is 0. The minimum Gasteiger partial charge on any atom is -0.352 e. The van der Waals surface area contributed by atoms with Crippen LogP contribution in [0.25, 0.3) is 0 Å². The predicted molar refractivity (Wildman–Crippen MR) is 142 cm³/mol. The molecule has 0 unspecified atom stereocenters. The van der Waals surface area contributed by atoms with E-state index in [4.69, 9.17) is 0 Å². The van der Waals surface area contributed by atoms with Crippen LogP contribution in [0.5, 0.6) is 0 Å². The van der Waals surface area contributed by atoms with Gasteiger partial charge in [-0.2, -0.15) is 0 Å². The molecule has 36 heavy (non-hydrogen) atoms. The lowest BCUT2D eigenvalue weighted by Gasteiger charge is -2.30. The van der Waals surface area contributed by atoms with E-state index in [1.54, 1.807) is 37.3 Å². The Kier molecular flexibility index (Phi) is 10.9. The molecule has 0 fully saturated rings. The van der Waals surface area contributed by atoms with Crippen molar-refractivity contribution in [2.45, 2.75) is 72.0 Å². The van der Waals surface area contributed by atoms with E-state index in [9.17, 15) is 22.4 Å². The second-order valence-electron chi connectivity index (χ2n) is 9.07. The Morgan fingerprint density at radius 3 is 2.22 bits per heavy atom. The van der Waals surface area contributed by atoms with Crippen LogP contribution in [-0.2, 0) is 32.6 Å². The summed E-state index contributed by atoms with van der Waals surface area (Å²) in [6.07, 6.45) is 2.96. The number of aryl methyl sites for hydroxylation is 1. The zero-order valence-corrected chi connectivity index (χ0v) is 22.6. The molecule has 2 rings (SSSR count). The molecule has 7 nitrogen and oxygen atoms in total. The summed E-state index contributed by atoms with van der Waals surface area (Å²) in [6.45, 7) is 7.51. The first kappa shape index (κ1) is 29.3. The van der Waals surface area contributed by atoms with Gasteiger partial charge in [0.05, 0.1) is 11.9 Å². The molecule has 2 amide bonds. The Morgan fingerprint density at radius 2 is 1.67 bits per heavy atom. The summed E-state index contributed by atoms with van der Waals surface area (Å²) in [5.41, 5.74) is 1.94. The topological polar surface area (TPSA) is 86.8 Å². The van der Waals surface area contributed by atoms with Crippen molar-refractivity contribution in [2.24, 2.45) is 0 Å². The van der Waals surface area contributed by atoms with Gasteiger partial charge in [-0.25, -0.2) is 12.8 Å². The molecular formula is C27H38FN3O4S. The number of hydrogen-bond donors (Lipinski definition) is 1. The lowest BCUT2D eigenvalue weighted by Crippen LogP contribution is -2.49. The SMILES string of the molecule is CCc1ccc(N(CCCC(=O)N(Cc2ccccc2F)[C@@H](C)C(=O)N[C@H](C)CC)S(C)(=O)=O)cc1. The van der Waals surface area contributed by atoms with Crippen LogP contribution < -0.4 is 9.62 Å². The van der Waals surface area contributed by atoms with Crippen molar-refractivity contribution >= 4 is 27.5 Å². The van der Waals surface area contributed by atoms with Gasteiger partial charge in [-0.05, 0) is 56.9 Å². The van der Waals surface area contributed by atoms with Crippen molar-refractivity contribution in [1.82, 2.24) is 10.2 Å². The molecule has 0 aliphatic carbocycles. The van der Waals surface area contributed by atoms with Crippen molar-refractivity contribution in [3.63, 3.8) is 0 Å². The number of benzene rings is 2. The number of halogens is 1. The van der Waals surface area contributed by atoms with Gasteiger partial charge >= 0.3 is 0 Å². The Morgan fingerprint density at radius 1 is 1.03 bits per heavy atom. The summed E-state index contributed by atoms with van der Waals surface area (Å²) in [6, 6.07) is 12.5. The number of hydrogen-bond acceptors (Lipinski definition) is 4. The first-order valence-corrected chi connectivity index (χ1v) is 14.2. The number of rotatable bonds is 13. The van der Waals surface area contributed by atoms with E-state index < -0.39 is 21.9 Å². The molecule has 0 spiro atoms. The third-order valence-electron chi connectivity index (χ3n) is 6.25. The van der Waals surface area contributed by atoms with Crippen molar-refractivity contribution in [2.75, 3.05) is 17.1 Å². The fourth-order valence-electron chi connectivity index (χ4n) is 3.76. The minimum absolute atomic E-state index is 0.00840. The van der Waals surface area contributed by atoms with Gasteiger partial charge < -0.3 is 10.2 Å². The normalized spacial score (nSPS) is 13.1. The molecule has 2 atom stereocenters. The Balaban J connectivity index is 2.18. The highest BCUT2D eigenvalue weighted by molar-refractivity contribution is 7.92. The van der Waals surface area contributed by atoms with Crippen LogP contribution in [0.2, 0.25) is 0 Å². The number of sulfonamides is 1. The smallest absolute Gasteiger partial charge is 0.242 e. The summed E-state index contributed by atoms with van der Waals surface area (Å²) < 4.78 is 40.5.